The van der Waals surface area contributed by atoms with Gasteiger partial charge in [0.1, 0.15) is 11.2 Å². The molecule has 10 nitrogen and oxygen atoms in total. The van der Waals surface area contributed by atoms with E-state index in [1.807, 2.05) is 20.8 Å². The summed E-state index contributed by atoms with van der Waals surface area (Å²) in [5, 5.41) is 3.45. The van der Waals surface area contributed by atoms with Crippen LogP contribution >= 0.6 is 0 Å². The maximum absolute atomic E-state index is 14.2. The normalized spacial score (nSPS) is 15.1. The summed E-state index contributed by atoms with van der Waals surface area (Å²) >= 11 is 0. The highest BCUT2D eigenvalue weighted by Crippen LogP contribution is 2.40. The first-order chi connectivity index (χ1) is 17.9. The third-order valence-corrected chi connectivity index (χ3v) is 8.18. The summed E-state index contributed by atoms with van der Waals surface area (Å²) in [7, 11) is -4.06. The average molecular weight is 542 g/mol. The van der Waals surface area contributed by atoms with Crippen LogP contribution < -0.4 is 9.62 Å². The number of hydrogen-bond acceptors (Lipinski definition) is 6. The van der Waals surface area contributed by atoms with Gasteiger partial charge in [-0.2, -0.15) is 0 Å². The van der Waals surface area contributed by atoms with Crippen LogP contribution in [0.4, 0.5) is 16.2 Å². The van der Waals surface area contributed by atoms with Gasteiger partial charge < -0.3 is 19.9 Å². The first kappa shape index (κ1) is 27.4. The monoisotopic (exact) mass is 541 g/mol. The molecule has 3 heterocycles. The average Bonchev–Trinajstić information content (AvgIpc) is 3.34. The van der Waals surface area contributed by atoms with E-state index in [2.05, 4.69) is 15.3 Å². The van der Waals surface area contributed by atoms with Crippen molar-refractivity contribution in [2.45, 2.75) is 64.0 Å². The van der Waals surface area contributed by atoms with Crippen molar-refractivity contribution >= 4 is 44.4 Å². The Morgan fingerprint density at radius 1 is 1.13 bits per heavy atom. The molecule has 0 aliphatic carbocycles. The summed E-state index contributed by atoms with van der Waals surface area (Å²) < 4.78 is 35.4. The third-order valence-electron chi connectivity index (χ3n) is 6.31. The molecule has 1 aromatic carbocycles. The molecule has 0 unspecified atom stereocenters. The van der Waals surface area contributed by atoms with E-state index in [0.717, 1.165) is 0 Å². The molecule has 2 aromatic heterocycles. The van der Waals surface area contributed by atoms with E-state index >= 15 is 0 Å². The molecular weight excluding hydrogens is 506 g/mol. The third kappa shape index (κ3) is 5.77. The number of fused-ring (bicyclic) bond motifs is 1. The fraction of sp³-hybridized carbons (Fsp3) is 0.444. The van der Waals surface area contributed by atoms with Gasteiger partial charge in [0, 0.05) is 36.6 Å². The Balaban J connectivity index is 1.79. The van der Waals surface area contributed by atoms with Gasteiger partial charge >= 0.3 is 6.09 Å². The predicted octanol–water partition coefficient (Wildman–Crippen LogP) is 4.75. The Morgan fingerprint density at radius 3 is 2.39 bits per heavy atom. The van der Waals surface area contributed by atoms with Gasteiger partial charge in [0.25, 0.3) is 10.0 Å². The summed E-state index contributed by atoms with van der Waals surface area (Å²) in [4.78, 5) is 34.6. The van der Waals surface area contributed by atoms with Crippen molar-refractivity contribution in [2.75, 3.05) is 22.7 Å². The minimum atomic E-state index is -4.06. The van der Waals surface area contributed by atoms with Crippen LogP contribution in [-0.4, -0.2) is 60.0 Å². The molecule has 2 N–H and O–H groups in total. The van der Waals surface area contributed by atoms with Crippen LogP contribution in [0.15, 0.2) is 53.7 Å². The Labute approximate surface area is 223 Å². The van der Waals surface area contributed by atoms with Gasteiger partial charge in [0.15, 0.2) is 0 Å². The van der Waals surface area contributed by atoms with E-state index < -0.39 is 27.8 Å². The smallest absolute Gasteiger partial charge is 0.410 e. The predicted molar refractivity (Wildman–Crippen MR) is 146 cm³/mol. The largest absolute Gasteiger partial charge is 0.444 e. The topological polar surface area (TPSA) is 125 Å². The van der Waals surface area contributed by atoms with Crippen molar-refractivity contribution in [3.05, 3.63) is 48.8 Å². The number of nitrogens with zero attached hydrogens (tertiary/aromatic N) is 3. The molecule has 3 aromatic rings. The second kappa shape index (κ2) is 10.6. The van der Waals surface area contributed by atoms with Crippen LogP contribution in [0.5, 0.6) is 0 Å². The van der Waals surface area contributed by atoms with E-state index in [9.17, 15) is 18.0 Å². The van der Waals surface area contributed by atoms with Crippen molar-refractivity contribution < 1.29 is 22.7 Å². The number of H-pyrrole nitrogens is 1. The van der Waals surface area contributed by atoms with Crippen LogP contribution in [0.2, 0.25) is 0 Å². The van der Waals surface area contributed by atoms with E-state index in [1.54, 1.807) is 61.3 Å². The van der Waals surface area contributed by atoms with Gasteiger partial charge in [-0.15, -0.1) is 0 Å². The molecule has 2 amide bonds. The summed E-state index contributed by atoms with van der Waals surface area (Å²) in [6.07, 6.45) is 3.52. The maximum atomic E-state index is 14.2. The van der Waals surface area contributed by atoms with Crippen molar-refractivity contribution in [3.63, 3.8) is 0 Å². The van der Waals surface area contributed by atoms with Gasteiger partial charge in [-0.1, -0.05) is 32.0 Å². The fourth-order valence-corrected chi connectivity index (χ4v) is 6.18. The second-order valence-corrected chi connectivity index (χ2v) is 12.5. The van der Waals surface area contributed by atoms with Crippen molar-refractivity contribution in [1.29, 1.82) is 0 Å². The van der Waals surface area contributed by atoms with E-state index in [4.69, 9.17) is 4.74 Å². The maximum Gasteiger partial charge on any atom is 0.410 e. The van der Waals surface area contributed by atoms with Crippen LogP contribution in [0, 0.1) is 5.92 Å². The van der Waals surface area contributed by atoms with E-state index in [-0.39, 0.29) is 16.7 Å². The lowest BCUT2D eigenvalue weighted by Crippen LogP contribution is -2.50. The van der Waals surface area contributed by atoms with Crippen molar-refractivity contribution in [2.24, 2.45) is 5.92 Å². The number of nitrogens with one attached hydrogen (secondary N) is 2. The van der Waals surface area contributed by atoms with Crippen LogP contribution in [0.1, 0.15) is 47.5 Å². The molecule has 38 heavy (non-hydrogen) atoms. The molecule has 1 aliphatic rings. The van der Waals surface area contributed by atoms with Gasteiger partial charge in [-0.25, -0.2) is 18.2 Å². The number of benzene rings is 1. The Hall–Kier alpha value is -3.60. The molecule has 0 bridgehead atoms. The zero-order chi connectivity index (χ0) is 27.7. The highest BCUT2D eigenvalue weighted by molar-refractivity contribution is 7.93. The molecule has 204 valence electrons. The molecule has 0 atom stereocenters. The number of ether oxygens (including phenoxy) is 1. The molecule has 1 saturated heterocycles. The summed E-state index contributed by atoms with van der Waals surface area (Å²) in [6.45, 7) is 9.62. The standard InChI is InChI=1S/C27H35N5O5S/c1-18(2)25(33)30-22-17-29-24-21(11-14-28-24)23(22)32(38(35,36)20-9-7-6-8-10-20)19-12-15-31(16-13-19)26(34)37-27(3,4)5/h6-11,14,17-19H,12-13,15-16H2,1-5H3,(H,28,29)(H,30,33). The second-order valence-electron chi connectivity index (χ2n) is 10.7. The molecule has 11 heteroatoms. The highest BCUT2D eigenvalue weighted by atomic mass is 32.2. The number of anilines is 2. The highest BCUT2D eigenvalue weighted by Gasteiger charge is 2.38. The van der Waals surface area contributed by atoms with Crippen LogP contribution in [-0.2, 0) is 19.6 Å². The molecular formula is C27H35N5O5S. The lowest BCUT2D eigenvalue weighted by Gasteiger charge is -2.40. The molecule has 0 spiro atoms. The minimum Gasteiger partial charge on any atom is -0.444 e. The lowest BCUT2D eigenvalue weighted by molar-refractivity contribution is -0.118. The number of aromatic amines is 1. The first-order valence-electron chi connectivity index (χ1n) is 12.7. The van der Waals surface area contributed by atoms with Crippen LogP contribution in [0.3, 0.4) is 0 Å². The Kier molecular flexibility index (Phi) is 7.68. The number of sulfonamides is 1. The lowest BCUT2D eigenvalue weighted by atomic mass is 10.0. The first-order valence-corrected chi connectivity index (χ1v) is 14.2. The molecule has 0 saturated carbocycles. The number of rotatable bonds is 6. The van der Waals surface area contributed by atoms with Crippen molar-refractivity contribution in [3.8, 4) is 0 Å². The number of hydrogen-bond donors (Lipinski definition) is 2. The fourth-order valence-electron chi connectivity index (χ4n) is 4.41. The number of amides is 2. The molecule has 4 rings (SSSR count). The van der Waals surface area contributed by atoms with E-state index in [1.165, 1.54) is 10.5 Å². The molecule has 1 aliphatic heterocycles. The van der Waals surface area contributed by atoms with E-state index in [0.29, 0.717) is 48.3 Å². The van der Waals surface area contributed by atoms with Gasteiger partial charge in [-0.3, -0.25) is 9.10 Å². The number of pyridine rings is 1. The summed E-state index contributed by atoms with van der Waals surface area (Å²) in [5.74, 6) is -0.569. The number of likely N-dealkylation sites (tertiary alicyclic amines) is 1. The van der Waals surface area contributed by atoms with Gasteiger partial charge in [0.05, 0.1) is 22.5 Å². The zero-order valence-corrected chi connectivity index (χ0v) is 23.2. The Morgan fingerprint density at radius 2 is 1.79 bits per heavy atom. The number of carbonyl (C=O) groups excluding carboxylic acids is 2. The quantitative estimate of drug-likeness (QED) is 0.464. The summed E-state index contributed by atoms with van der Waals surface area (Å²) in [6, 6.07) is 9.50. The zero-order valence-electron chi connectivity index (χ0n) is 22.4. The Bertz CT molecular complexity index is 1400. The van der Waals surface area contributed by atoms with Crippen LogP contribution in [0.25, 0.3) is 11.0 Å². The minimum absolute atomic E-state index is 0.135. The number of piperidine rings is 1. The number of aromatic nitrogens is 2. The summed E-state index contributed by atoms with van der Waals surface area (Å²) in [5.41, 5.74) is 0.536. The SMILES string of the molecule is CC(C)C(=O)Nc1cnc2[nH]ccc2c1N(C1CCN(C(=O)OC(C)(C)C)CC1)S(=O)(=O)c1ccccc1. The molecule has 1 fully saturated rings. The molecule has 0 radical (unpaired) electrons. The number of carbonyl (C=O) groups is 2. The van der Waals surface area contributed by atoms with Crippen molar-refractivity contribution in [1.82, 2.24) is 14.9 Å². The van der Waals surface area contributed by atoms with Gasteiger partial charge in [0.2, 0.25) is 5.91 Å². The van der Waals surface area contributed by atoms with Gasteiger partial charge in [-0.05, 0) is 51.8 Å².